The van der Waals surface area contributed by atoms with Gasteiger partial charge in [-0.2, -0.15) is 5.10 Å². The summed E-state index contributed by atoms with van der Waals surface area (Å²) in [6.45, 7) is 4.87. The lowest BCUT2D eigenvalue weighted by Crippen LogP contribution is -2.53. The van der Waals surface area contributed by atoms with Crippen LogP contribution < -0.4 is 4.74 Å². The van der Waals surface area contributed by atoms with Crippen LogP contribution in [-0.4, -0.2) is 40.9 Å². The van der Waals surface area contributed by atoms with Gasteiger partial charge in [-0.3, -0.25) is 9.58 Å². The fourth-order valence-corrected chi connectivity index (χ4v) is 4.15. The van der Waals surface area contributed by atoms with Crippen LogP contribution in [0.3, 0.4) is 0 Å². The summed E-state index contributed by atoms with van der Waals surface area (Å²) in [5.74, 6) is 1.67. The van der Waals surface area contributed by atoms with Crippen molar-refractivity contribution in [1.29, 1.82) is 0 Å². The van der Waals surface area contributed by atoms with Crippen molar-refractivity contribution in [2.75, 3.05) is 20.2 Å². The molecule has 4 heteroatoms. The molecule has 4 nitrogen and oxygen atoms in total. The summed E-state index contributed by atoms with van der Waals surface area (Å²) in [5.41, 5.74) is 2.38. The highest BCUT2D eigenvalue weighted by molar-refractivity contribution is 5.62. The summed E-state index contributed by atoms with van der Waals surface area (Å²) >= 11 is 0. The van der Waals surface area contributed by atoms with Crippen LogP contribution in [0.25, 0.3) is 11.1 Å². The van der Waals surface area contributed by atoms with Crippen LogP contribution in [0, 0.1) is 5.92 Å². The van der Waals surface area contributed by atoms with Gasteiger partial charge in [-0.25, -0.2) is 0 Å². The van der Waals surface area contributed by atoms with E-state index in [0.29, 0.717) is 12.1 Å². The summed E-state index contributed by atoms with van der Waals surface area (Å²) in [6, 6.07) is 9.32. The number of aromatic nitrogens is 2. The molecule has 0 N–H and O–H groups in total. The molecule has 1 aromatic carbocycles. The van der Waals surface area contributed by atoms with E-state index in [0.717, 1.165) is 11.7 Å². The van der Waals surface area contributed by atoms with Crippen molar-refractivity contribution in [3.05, 3.63) is 36.7 Å². The predicted octanol–water partition coefficient (Wildman–Crippen LogP) is 3.21. The van der Waals surface area contributed by atoms with E-state index in [2.05, 4.69) is 39.9 Å². The van der Waals surface area contributed by atoms with Crippen LogP contribution in [0.4, 0.5) is 0 Å². The minimum absolute atomic E-state index is 0.523. The van der Waals surface area contributed by atoms with E-state index >= 15 is 0 Å². The highest BCUT2D eigenvalue weighted by atomic mass is 16.5. The Kier molecular flexibility index (Phi) is 3.41. The number of methoxy groups -OCH3 is 1. The second-order valence-corrected chi connectivity index (χ2v) is 6.54. The lowest BCUT2D eigenvalue weighted by Gasteiger charge is -2.49. The normalized spacial score (nSPS) is 30.5. The minimum Gasteiger partial charge on any atom is -0.497 e. The Morgan fingerprint density at radius 3 is 2.45 bits per heavy atom. The van der Waals surface area contributed by atoms with Crippen LogP contribution in [0.15, 0.2) is 36.7 Å². The van der Waals surface area contributed by atoms with Crippen molar-refractivity contribution < 1.29 is 4.74 Å². The predicted molar refractivity (Wildman–Crippen MR) is 87.0 cm³/mol. The van der Waals surface area contributed by atoms with Gasteiger partial charge in [0.1, 0.15) is 5.75 Å². The van der Waals surface area contributed by atoms with Crippen molar-refractivity contribution >= 4 is 0 Å². The third-order valence-electron chi connectivity index (χ3n) is 5.46. The smallest absolute Gasteiger partial charge is 0.118 e. The molecule has 116 valence electrons. The molecule has 4 heterocycles. The highest BCUT2D eigenvalue weighted by Gasteiger charge is 2.41. The molecule has 0 saturated carbocycles. The Labute approximate surface area is 131 Å². The topological polar surface area (TPSA) is 30.3 Å². The van der Waals surface area contributed by atoms with Crippen molar-refractivity contribution in [3.63, 3.8) is 0 Å². The molecule has 2 atom stereocenters. The van der Waals surface area contributed by atoms with Gasteiger partial charge >= 0.3 is 0 Å². The number of hydrogen-bond donors (Lipinski definition) is 0. The molecule has 0 radical (unpaired) electrons. The van der Waals surface area contributed by atoms with Gasteiger partial charge in [-0.05, 0) is 56.5 Å². The molecule has 0 amide bonds. The zero-order valence-electron chi connectivity index (χ0n) is 13.3. The minimum atomic E-state index is 0.523. The van der Waals surface area contributed by atoms with Crippen molar-refractivity contribution in [2.45, 2.75) is 31.8 Å². The Bertz CT molecular complexity index is 639. The summed E-state index contributed by atoms with van der Waals surface area (Å²) in [5, 5.41) is 4.69. The van der Waals surface area contributed by atoms with E-state index in [1.54, 1.807) is 7.11 Å². The fourth-order valence-electron chi connectivity index (χ4n) is 4.15. The molecule has 22 heavy (non-hydrogen) atoms. The molecule has 3 aliphatic heterocycles. The summed E-state index contributed by atoms with van der Waals surface area (Å²) < 4.78 is 7.44. The summed E-state index contributed by atoms with van der Waals surface area (Å²) in [7, 11) is 1.70. The number of benzene rings is 1. The van der Waals surface area contributed by atoms with Gasteiger partial charge < -0.3 is 4.74 Å². The van der Waals surface area contributed by atoms with Crippen LogP contribution in [0.1, 0.15) is 25.8 Å². The highest BCUT2D eigenvalue weighted by Crippen LogP contribution is 2.40. The van der Waals surface area contributed by atoms with E-state index < -0.39 is 0 Å². The molecule has 3 fully saturated rings. The molecule has 0 aliphatic carbocycles. The van der Waals surface area contributed by atoms with E-state index in [9.17, 15) is 0 Å². The molecule has 1 aromatic heterocycles. The second-order valence-electron chi connectivity index (χ2n) is 6.54. The van der Waals surface area contributed by atoms with Gasteiger partial charge in [0.2, 0.25) is 0 Å². The molecular formula is C18H23N3O. The van der Waals surface area contributed by atoms with Crippen LogP contribution in [0.2, 0.25) is 0 Å². The number of nitrogens with zero attached hydrogens (tertiary/aromatic N) is 3. The molecule has 2 bridgehead atoms. The SMILES string of the molecule is COc1ccc(-c2cnn([C@@H]3C4CCN(CC4)[C@H]3C)c2)cc1. The molecule has 0 unspecified atom stereocenters. The average Bonchev–Trinajstić information content (AvgIpc) is 3.05. The zero-order valence-corrected chi connectivity index (χ0v) is 13.3. The molecular weight excluding hydrogens is 274 g/mol. The van der Waals surface area contributed by atoms with Crippen molar-refractivity contribution in [1.82, 2.24) is 14.7 Å². The first-order chi connectivity index (χ1) is 10.8. The maximum Gasteiger partial charge on any atom is 0.118 e. The molecule has 2 aromatic rings. The van der Waals surface area contributed by atoms with Gasteiger partial charge in [-0.15, -0.1) is 0 Å². The number of ether oxygens (including phenoxy) is 1. The van der Waals surface area contributed by atoms with E-state index in [1.165, 1.54) is 37.1 Å². The lowest BCUT2D eigenvalue weighted by molar-refractivity contribution is 0.000941. The van der Waals surface area contributed by atoms with Gasteiger partial charge in [0.25, 0.3) is 0 Å². The zero-order chi connectivity index (χ0) is 15.1. The Balaban J connectivity index is 1.60. The first-order valence-corrected chi connectivity index (χ1v) is 8.19. The van der Waals surface area contributed by atoms with E-state index in [1.807, 2.05) is 18.3 Å². The number of piperidine rings is 3. The molecule has 5 rings (SSSR count). The summed E-state index contributed by atoms with van der Waals surface area (Å²) in [6.07, 6.45) is 6.83. The maximum atomic E-state index is 5.23. The van der Waals surface area contributed by atoms with E-state index in [-0.39, 0.29) is 0 Å². The molecule has 0 spiro atoms. The number of fused-ring (bicyclic) bond motifs is 3. The van der Waals surface area contributed by atoms with Gasteiger partial charge in [0.05, 0.1) is 19.3 Å². The monoisotopic (exact) mass is 297 g/mol. The van der Waals surface area contributed by atoms with Crippen molar-refractivity contribution in [3.8, 4) is 16.9 Å². The number of rotatable bonds is 3. The molecule has 3 saturated heterocycles. The van der Waals surface area contributed by atoms with Gasteiger partial charge in [0.15, 0.2) is 0 Å². The Morgan fingerprint density at radius 1 is 1.09 bits per heavy atom. The first kappa shape index (κ1) is 13.8. The largest absolute Gasteiger partial charge is 0.497 e. The van der Waals surface area contributed by atoms with Crippen LogP contribution >= 0.6 is 0 Å². The second kappa shape index (κ2) is 5.43. The maximum absolute atomic E-state index is 5.23. The number of hydrogen-bond acceptors (Lipinski definition) is 3. The third kappa shape index (κ3) is 2.22. The van der Waals surface area contributed by atoms with Gasteiger partial charge in [-0.1, -0.05) is 12.1 Å². The van der Waals surface area contributed by atoms with Crippen molar-refractivity contribution in [2.24, 2.45) is 5.92 Å². The lowest BCUT2D eigenvalue weighted by atomic mass is 9.79. The quantitative estimate of drug-likeness (QED) is 0.871. The third-order valence-corrected chi connectivity index (χ3v) is 5.46. The average molecular weight is 297 g/mol. The van der Waals surface area contributed by atoms with Crippen LogP contribution in [-0.2, 0) is 0 Å². The first-order valence-electron chi connectivity index (χ1n) is 8.19. The van der Waals surface area contributed by atoms with Gasteiger partial charge in [0, 0.05) is 17.8 Å². The fraction of sp³-hybridized carbons (Fsp3) is 0.500. The Hall–Kier alpha value is -1.81. The summed E-state index contributed by atoms with van der Waals surface area (Å²) in [4.78, 5) is 2.61. The molecule has 3 aliphatic rings. The Morgan fingerprint density at radius 2 is 1.82 bits per heavy atom. The van der Waals surface area contributed by atoms with Crippen LogP contribution in [0.5, 0.6) is 5.75 Å². The van der Waals surface area contributed by atoms with E-state index in [4.69, 9.17) is 4.74 Å². The standard InChI is InChI=1S/C18H23N3O/c1-13-18(15-7-9-20(13)10-8-15)21-12-16(11-19-21)14-3-5-17(22-2)6-4-14/h3-6,11-13,15,18H,7-10H2,1-2H3/t13-,18-/m0/s1.